The lowest BCUT2D eigenvalue weighted by Crippen LogP contribution is -2.40. The number of halogens is 1. The van der Waals surface area contributed by atoms with Crippen LogP contribution in [0.5, 0.6) is 0 Å². The zero-order chi connectivity index (χ0) is 13.2. The molecule has 2 aliphatic carbocycles. The van der Waals surface area contributed by atoms with E-state index >= 15 is 0 Å². The van der Waals surface area contributed by atoms with Crippen LogP contribution >= 0.6 is 15.9 Å². The van der Waals surface area contributed by atoms with E-state index in [0.29, 0.717) is 18.2 Å². The molecule has 3 atom stereocenters. The Morgan fingerprint density at radius 2 is 2.05 bits per heavy atom. The third-order valence-corrected chi connectivity index (χ3v) is 5.08. The van der Waals surface area contributed by atoms with Crippen molar-refractivity contribution in [3.05, 3.63) is 33.8 Å². The molecule has 19 heavy (non-hydrogen) atoms. The highest BCUT2D eigenvalue weighted by Gasteiger charge is 2.27. The van der Waals surface area contributed by atoms with Crippen LogP contribution in [-0.2, 0) is 17.6 Å². The van der Waals surface area contributed by atoms with Crippen molar-refractivity contribution in [3.8, 4) is 0 Å². The van der Waals surface area contributed by atoms with Crippen LogP contribution in [0.25, 0.3) is 0 Å². The fourth-order valence-corrected chi connectivity index (χ4v) is 3.91. The molecule has 1 aromatic carbocycles. The fourth-order valence-electron chi connectivity index (χ4n) is 3.50. The highest BCUT2D eigenvalue weighted by atomic mass is 79.9. The average molecular weight is 324 g/mol. The van der Waals surface area contributed by atoms with E-state index in [1.807, 2.05) is 7.11 Å². The van der Waals surface area contributed by atoms with Gasteiger partial charge in [0.1, 0.15) is 0 Å². The second-order valence-electron chi connectivity index (χ2n) is 5.89. The SMILES string of the molecule is COC1CCC(NC2CCc3cc(Br)ccc3C2)C1. The molecular formula is C16H22BrNO. The summed E-state index contributed by atoms with van der Waals surface area (Å²) in [6, 6.07) is 8.03. The van der Waals surface area contributed by atoms with Gasteiger partial charge in [-0.25, -0.2) is 0 Å². The van der Waals surface area contributed by atoms with Crippen molar-refractivity contribution in [3.63, 3.8) is 0 Å². The van der Waals surface area contributed by atoms with E-state index in [1.165, 1.54) is 54.1 Å². The summed E-state index contributed by atoms with van der Waals surface area (Å²) < 4.78 is 6.66. The first kappa shape index (κ1) is 13.6. The molecule has 1 N–H and O–H groups in total. The quantitative estimate of drug-likeness (QED) is 0.919. The number of ether oxygens (including phenoxy) is 1. The van der Waals surface area contributed by atoms with Crippen LogP contribution in [-0.4, -0.2) is 25.3 Å². The van der Waals surface area contributed by atoms with Crippen LogP contribution in [0.1, 0.15) is 36.8 Å². The van der Waals surface area contributed by atoms with Crippen molar-refractivity contribution in [1.29, 1.82) is 0 Å². The minimum absolute atomic E-state index is 0.476. The van der Waals surface area contributed by atoms with E-state index in [2.05, 4.69) is 39.4 Å². The Morgan fingerprint density at radius 1 is 1.16 bits per heavy atom. The van der Waals surface area contributed by atoms with Gasteiger partial charge in [-0.05, 0) is 61.8 Å². The van der Waals surface area contributed by atoms with Gasteiger partial charge in [-0.3, -0.25) is 0 Å². The van der Waals surface area contributed by atoms with Gasteiger partial charge in [0.2, 0.25) is 0 Å². The first-order valence-electron chi connectivity index (χ1n) is 7.30. The van der Waals surface area contributed by atoms with E-state index in [-0.39, 0.29) is 0 Å². The van der Waals surface area contributed by atoms with Crippen LogP contribution in [0.4, 0.5) is 0 Å². The zero-order valence-electron chi connectivity index (χ0n) is 11.5. The maximum Gasteiger partial charge on any atom is 0.0586 e. The van der Waals surface area contributed by atoms with Gasteiger partial charge in [-0.2, -0.15) is 0 Å². The Bertz CT molecular complexity index is 448. The molecule has 1 aromatic rings. The molecule has 0 amide bonds. The van der Waals surface area contributed by atoms with Gasteiger partial charge in [0.15, 0.2) is 0 Å². The summed E-state index contributed by atoms with van der Waals surface area (Å²) in [5.41, 5.74) is 3.04. The Labute approximate surface area is 124 Å². The van der Waals surface area contributed by atoms with Crippen LogP contribution in [0.2, 0.25) is 0 Å². The molecule has 0 radical (unpaired) electrons. The highest BCUT2D eigenvalue weighted by Crippen LogP contribution is 2.27. The van der Waals surface area contributed by atoms with E-state index in [0.717, 1.165) is 0 Å². The van der Waals surface area contributed by atoms with Gasteiger partial charge >= 0.3 is 0 Å². The lowest BCUT2D eigenvalue weighted by molar-refractivity contribution is 0.106. The largest absolute Gasteiger partial charge is 0.381 e. The second kappa shape index (κ2) is 5.94. The molecule has 3 unspecified atom stereocenters. The number of fused-ring (bicyclic) bond motifs is 1. The normalized spacial score (nSPS) is 30.3. The van der Waals surface area contributed by atoms with Crippen molar-refractivity contribution in [2.75, 3.05) is 7.11 Å². The Morgan fingerprint density at radius 3 is 2.84 bits per heavy atom. The van der Waals surface area contributed by atoms with Gasteiger partial charge in [0.25, 0.3) is 0 Å². The first-order valence-corrected chi connectivity index (χ1v) is 8.10. The molecule has 1 saturated carbocycles. The van der Waals surface area contributed by atoms with E-state index in [1.54, 1.807) is 0 Å². The third-order valence-electron chi connectivity index (χ3n) is 4.59. The summed E-state index contributed by atoms with van der Waals surface area (Å²) in [4.78, 5) is 0. The van der Waals surface area contributed by atoms with Crippen molar-refractivity contribution >= 4 is 15.9 Å². The van der Waals surface area contributed by atoms with Crippen LogP contribution in [0.3, 0.4) is 0 Å². The molecule has 3 rings (SSSR count). The molecule has 104 valence electrons. The van der Waals surface area contributed by atoms with Crippen molar-refractivity contribution < 1.29 is 4.74 Å². The predicted molar refractivity (Wildman–Crippen MR) is 81.5 cm³/mol. The van der Waals surface area contributed by atoms with Gasteiger partial charge in [0, 0.05) is 23.7 Å². The molecule has 3 heteroatoms. The monoisotopic (exact) mass is 323 g/mol. The van der Waals surface area contributed by atoms with Gasteiger partial charge < -0.3 is 10.1 Å². The third kappa shape index (κ3) is 3.21. The first-order chi connectivity index (χ1) is 9.24. The smallest absolute Gasteiger partial charge is 0.0586 e. The lowest BCUT2D eigenvalue weighted by atomic mass is 9.88. The van der Waals surface area contributed by atoms with E-state index < -0.39 is 0 Å². The molecule has 0 saturated heterocycles. The number of hydrogen-bond donors (Lipinski definition) is 1. The van der Waals surface area contributed by atoms with Crippen LogP contribution in [0, 0.1) is 0 Å². The molecule has 0 heterocycles. The van der Waals surface area contributed by atoms with Crippen LogP contribution < -0.4 is 5.32 Å². The number of nitrogens with one attached hydrogen (secondary N) is 1. The van der Waals surface area contributed by atoms with Crippen molar-refractivity contribution in [2.24, 2.45) is 0 Å². The summed E-state index contributed by atoms with van der Waals surface area (Å²) in [6.45, 7) is 0. The number of benzene rings is 1. The summed E-state index contributed by atoms with van der Waals surface area (Å²) in [6.07, 6.45) is 7.78. The maximum atomic E-state index is 5.45. The summed E-state index contributed by atoms with van der Waals surface area (Å²) >= 11 is 3.56. The minimum atomic E-state index is 0.476. The van der Waals surface area contributed by atoms with Gasteiger partial charge in [-0.1, -0.05) is 22.0 Å². The summed E-state index contributed by atoms with van der Waals surface area (Å²) in [7, 11) is 1.84. The molecule has 2 aliphatic rings. The minimum Gasteiger partial charge on any atom is -0.381 e. The summed E-state index contributed by atoms with van der Waals surface area (Å²) in [5, 5.41) is 3.85. The van der Waals surface area contributed by atoms with Crippen LogP contribution in [0.15, 0.2) is 22.7 Å². The molecule has 0 bridgehead atoms. The van der Waals surface area contributed by atoms with E-state index in [9.17, 15) is 0 Å². The summed E-state index contributed by atoms with van der Waals surface area (Å²) in [5.74, 6) is 0. The highest BCUT2D eigenvalue weighted by molar-refractivity contribution is 9.10. The Kier molecular flexibility index (Phi) is 4.25. The Balaban J connectivity index is 1.59. The van der Waals surface area contributed by atoms with Crippen molar-refractivity contribution in [1.82, 2.24) is 5.32 Å². The van der Waals surface area contributed by atoms with Crippen molar-refractivity contribution in [2.45, 2.75) is 56.7 Å². The topological polar surface area (TPSA) is 21.3 Å². The maximum absolute atomic E-state index is 5.45. The molecule has 0 aromatic heterocycles. The Hall–Kier alpha value is -0.380. The number of aryl methyl sites for hydroxylation is 1. The zero-order valence-corrected chi connectivity index (χ0v) is 13.1. The molecule has 0 spiro atoms. The number of methoxy groups -OCH3 is 1. The second-order valence-corrected chi connectivity index (χ2v) is 6.80. The number of hydrogen-bond acceptors (Lipinski definition) is 2. The average Bonchev–Trinajstić information content (AvgIpc) is 2.86. The van der Waals surface area contributed by atoms with Gasteiger partial charge in [-0.15, -0.1) is 0 Å². The number of rotatable bonds is 3. The molecule has 2 nitrogen and oxygen atoms in total. The van der Waals surface area contributed by atoms with Gasteiger partial charge in [0.05, 0.1) is 6.10 Å². The molecule has 1 fully saturated rings. The molecule has 0 aliphatic heterocycles. The predicted octanol–water partition coefficient (Wildman–Crippen LogP) is 3.46. The lowest BCUT2D eigenvalue weighted by Gasteiger charge is -2.28. The molecular weight excluding hydrogens is 302 g/mol. The fraction of sp³-hybridized carbons (Fsp3) is 0.625. The standard InChI is InChI=1S/C16H22BrNO/c1-19-16-7-6-15(10-16)18-14-5-3-11-8-13(17)4-2-12(11)9-14/h2,4,8,14-16,18H,3,5-7,9-10H2,1H3. The van der Waals surface area contributed by atoms with E-state index in [4.69, 9.17) is 4.74 Å².